The van der Waals surface area contributed by atoms with Crippen LogP contribution in [0.5, 0.6) is 5.75 Å². The Morgan fingerprint density at radius 3 is 2.80 bits per heavy atom. The lowest BCUT2D eigenvalue weighted by Gasteiger charge is -2.10. The van der Waals surface area contributed by atoms with Gasteiger partial charge in [-0.25, -0.2) is 4.79 Å². The highest BCUT2D eigenvalue weighted by Crippen LogP contribution is 2.19. The number of methoxy groups -OCH3 is 1. The monoisotopic (exact) mass is 275 g/mol. The van der Waals surface area contributed by atoms with Gasteiger partial charge in [-0.3, -0.25) is 4.79 Å². The number of carbonyl (C=O) groups is 1. The summed E-state index contributed by atoms with van der Waals surface area (Å²) in [6, 6.07) is 6.58. The van der Waals surface area contributed by atoms with Crippen molar-refractivity contribution < 1.29 is 13.9 Å². The summed E-state index contributed by atoms with van der Waals surface area (Å²) in [7, 11) is 1.54. The molecular weight excluding hydrogens is 258 g/mol. The molecule has 20 heavy (non-hydrogen) atoms. The number of ether oxygens (including phenoxy) is 1. The molecule has 2 aromatic rings. The zero-order valence-corrected chi connectivity index (χ0v) is 11.7. The highest BCUT2D eigenvalue weighted by molar-refractivity contribution is 5.95. The topological polar surface area (TPSA) is 68.5 Å². The molecule has 1 amide bonds. The minimum Gasteiger partial charge on any atom is -0.497 e. The minimum atomic E-state index is -0.528. The third-order valence-corrected chi connectivity index (χ3v) is 3.18. The first-order chi connectivity index (χ1) is 9.55. The molecule has 0 radical (unpaired) electrons. The lowest BCUT2D eigenvalue weighted by Crippen LogP contribution is -2.32. The van der Waals surface area contributed by atoms with Gasteiger partial charge in [0.05, 0.1) is 12.5 Å². The van der Waals surface area contributed by atoms with Crippen LogP contribution in [0.3, 0.4) is 0 Å². The predicted octanol–water partition coefficient (Wildman–Crippen LogP) is 2.33. The van der Waals surface area contributed by atoms with Crippen molar-refractivity contribution in [3.05, 3.63) is 40.4 Å². The van der Waals surface area contributed by atoms with Gasteiger partial charge in [-0.05, 0) is 43.0 Å². The van der Waals surface area contributed by atoms with Gasteiger partial charge < -0.3 is 14.5 Å². The molecule has 1 unspecified atom stereocenters. The van der Waals surface area contributed by atoms with E-state index in [-0.39, 0.29) is 17.7 Å². The number of nitrogens with one attached hydrogen (secondary N) is 1. The van der Waals surface area contributed by atoms with Crippen LogP contribution in [0.2, 0.25) is 0 Å². The molecule has 1 atom stereocenters. The van der Waals surface area contributed by atoms with E-state index in [1.807, 2.05) is 13.8 Å². The molecule has 2 rings (SSSR count). The maximum atomic E-state index is 12.0. The van der Waals surface area contributed by atoms with E-state index in [2.05, 4.69) is 5.32 Å². The molecule has 0 saturated carbocycles. The van der Waals surface area contributed by atoms with Crippen LogP contribution in [0, 0.1) is 0 Å². The Morgan fingerprint density at radius 2 is 2.15 bits per heavy atom. The quantitative estimate of drug-likeness (QED) is 0.929. The highest BCUT2D eigenvalue weighted by Gasteiger charge is 2.14. The van der Waals surface area contributed by atoms with Crippen LogP contribution in [-0.2, 0) is 0 Å². The molecule has 0 aliphatic heterocycles. The van der Waals surface area contributed by atoms with Crippen molar-refractivity contribution in [2.75, 3.05) is 7.11 Å². The number of amides is 1. The second kappa shape index (κ2) is 5.77. The number of hydrogen-bond acceptors (Lipinski definition) is 4. The van der Waals surface area contributed by atoms with E-state index in [1.54, 1.807) is 31.4 Å². The zero-order valence-electron chi connectivity index (χ0n) is 11.7. The van der Waals surface area contributed by atoms with Crippen LogP contribution in [0.4, 0.5) is 0 Å². The fourth-order valence-electron chi connectivity index (χ4n) is 1.81. The maximum Gasteiger partial charge on any atom is 0.344 e. The van der Waals surface area contributed by atoms with Crippen LogP contribution >= 0.6 is 0 Å². The Morgan fingerprint density at radius 1 is 1.40 bits per heavy atom. The van der Waals surface area contributed by atoms with Gasteiger partial charge in [-0.15, -0.1) is 0 Å². The summed E-state index contributed by atoms with van der Waals surface area (Å²) < 4.78 is 10.2. The van der Waals surface area contributed by atoms with Crippen LogP contribution < -0.4 is 15.7 Å². The van der Waals surface area contributed by atoms with E-state index in [1.165, 1.54) is 0 Å². The molecule has 0 aliphatic carbocycles. The number of rotatable bonds is 4. The largest absolute Gasteiger partial charge is 0.497 e. The summed E-state index contributed by atoms with van der Waals surface area (Å²) in [5.41, 5.74) is -0.528. The summed E-state index contributed by atoms with van der Waals surface area (Å²) >= 11 is 0. The summed E-state index contributed by atoms with van der Waals surface area (Å²) in [5, 5.41) is 3.81. The summed E-state index contributed by atoms with van der Waals surface area (Å²) in [6.45, 7) is 3.85. The summed E-state index contributed by atoms with van der Waals surface area (Å²) in [4.78, 5) is 23.9. The minimum absolute atomic E-state index is 0.0102. The van der Waals surface area contributed by atoms with Crippen molar-refractivity contribution in [1.29, 1.82) is 0 Å². The maximum absolute atomic E-state index is 12.0. The Labute approximate surface area is 116 Å². The van der Waals surface area contributed by atoms with Gasteiger partial charge in [0, 0.05) is 6.04 Å². The summed E-state index contributed by atoms with van der Waals surface area (Å²) in [5.74, 6) is 0.244. The lowest BCUT2D eigenvalue weighted by molar-refractivity contribution is 0.0907. The number of benzene rings is 1. The van der Waals surface area contributed by atoms with Gasteiger partial charge >= 0.3 is 5.63 Å². The molecule has 1 aromatic heterocycles. The third-order valence-electron chi connectivity index (χ3n) is 3.18. The van der Waals surface area contributed by atoms with Gasteiger partial charge in [0.25, 0.3) is 5.91 Å². The Balaban J connectivity index is 2.45. The van der Waals surface area contributed by atoms with Crippen LogP contribution in [0.25, 0.3) is 10.8 Å². The fourth-order valence-corrected chi connectivity index (χ4v) is 1.81. The average molecular weight is 275 g/mol. The van der Waals surface area contributed by atoms with Crippen LogP contribution in [-0.4, -0.2) is 19.1 Å². The van der Waals surface area contributed by atoms with Gasteiger partial charge in [-0.1, -0.05) is 6.92 Å². The van der Waals surface area contributed by atoms with E-state index in [0.29, 0.717) is 16.5 Å². The van der Waals surface area contributed by atoms with E-state index in [4.69, 9.17) is 9.15 Å². The van der Waals surface area contributed by atoms with Crippen molar-refractivity contribution in [3.63, 3.8) is 0 Å². The fraction of sp³-hybridized carbons (Fsp3) is 0.333. The zero-order chi connectivity index (χ0) is 14.7. The van der Waals surface area contributed by atoms with Gasteiger partial charge in [0.1, 0.15) is 5.75 Å². The molecule has 0 aliphatic rings. The highest BCUT2D eigenvalue weighted by atomic mass is 16.5. The smallest absolute Gasteiger partial charge is 0.344 e. The van der Waals surface area contributed by atoms with Crippen molar-refractivity contribution in [2.45, 2.75) is 26.3 Å². The van der Waals surface area contributed by atoms with Crippen molar-refractivity contribution in [1.82, 2.24) is 5.32 Å². The Hall–Kier alpha value is -2.30. The van der Waals surface area contributed by atoms with E-state index < -0.39 is 5.63 Å². The molecule has 106 valence electrons. The number of fused-ring (bicyclic) bond motifs is 1. The summed E-state index contributed by atoms with van der Waals surface area (Å²) in [6.07, 6.45) is 0.803. The number of hydrogen-bond donors (Lipinski definition) is 1. The second-order valence-corrected chi connectivity index (χ2v) is 4.63. The Kier molecular flexibility index (Phi) is 4.08. The van der Waals surface area contributed by atoms with Gasteiger partial charge in [-0.2, -0.15) is 0 Å². The second-order valence-electron chi connectivity index (χ2n) is 4.63. The molecule has 5 nitrogen and oxygen atoms in total. The van der Waals surface area contributed by atoms with Gasteiger partial charge in [0.15, 0.2) is 5.76 Å². The Bertz CT molecular complexity index is 690. The molecule has 0 saturated heterocycles. The van der Waals surface area contributed by atoms with Crippen molar-refractivity contribution in [2.24, 2.45) is 0 Å². The molecular formula is C15H17NO4. The molecule has 1 aromatic carbocycles. The number of carbonyl (C=O) groups excluding carboxylic acids is 1. The lowest BCUT2D eigenvalue weighted by atomic mass is 10.1. The molecule has 0 fully saturated rings. The van der Waals surface area contributed by atoms with Crippen LogP contribution in [0.1, 0.15) is 30.8 Å². The predicted molar refractivity (Wildman–Crippen MR) is 76.3 cm³/mol. The standard InChI is InChI=1S/C15H17NO4/c1-4-9(2)16-14(17)13-8-10-7-11(19-3)5-6-12(10)15(18)20-13/h5-9H,4H2,1-3H3,(H,16,17). The normalized spacial score (nSPS) is 12.2. The van der Waals surface area contributed by atoms with E-state index >= 15 is 0 Å². The van der Waals surface area contributed by atoms with E-state index in [0.717, 1.165) is 6.42 Å². The molecule has 1 heterocycles. The average Bonchev–Trinajstić information content (AvgIpc) is 2.46. The first-order valence-corrected chi connectivity index (χ1v) is 6.48. The van der Waals surface area contributed by atoms with Gasteiger partial charge in [0.2, 0.25) is 0 Å². The first-order valence-electron chi connectivity index (χ1n) is 6.48. The first kappa shape index (κ1) is 14.1. The molecule has 0 spiro atoms. The third kappa shape index (κ3) is 2.82. The SMILES string of the molecule is CCC(C)NC(=O)c1cc2cc(OC)ccc2c(=O)o1. The van der Waals surface area contributed by atoms with Crippen LogP contribution in [0.15, 0.2) is 33.5 Å². The van der Waals surface area contributed by atoms with Crippen molar-refractivity contribution in [3.8, 4) is 5.75 Å². The molecule has 5 heteroatoms. The van der Waals surface area contributed by atoms with Crippen molar-refractivity contribution >= 4 is 16.7 Å². The molecule has 0 bridgehead atoms. The molecule has 1 N–H and O–H groups in total. The van der Waals surface area contributed by atoms with E-state index in [9.17, 15) is 9.59 Å².